The Morgan fingerprint density at radius 3 is 2.79 bits per heavy atom. The smallest absolute Gasteiger partial charge is 0.339 e. The summed E-state index contributed by atoms with van der Waals surface area (Å²) < 4.78 is 14.5. The second-order valence-corrected chi connectivity index (χ2v) is 8.01. The monoisotopic (exact) mass is 449 g/mol. The standard InChI is InChI=1S/C19H16ClN3O4S2/c1-26-13-6-4-5-12(9-13)21-17(24)11-28-16-8-3-2-7-14(16)19(25)27-10-15-18(20)29-23-22-15/h2-9H,10-11H2,1H3,(H,21,24). The molecule has 10 heteroatoms. The van der Waals surface area contributed by atoms with Crippen LogP contribution in [0.15, 0.2) is 53.4 Å². The van der Waals surface area contributed by atoms with E-state index in [-0.39, 0.29) is 18.3 Å². The highest BCUT2D eigenvalue weighted by molar-refractivity contribution is 8.00. The molecule has 1 amide bonds. The van der Waals surface area contributed by atoms with Gasteiger partial charge in [-0.2, -0.15) is 0 Å². The van der Waals surface area contributed by atoms with Gasteiger partial charge in [0, 0.05) is 28.2 Å². The minimum atomic E-state index is -0.523. The van der Waals surface area contributed by atoms with Gasteiger partial charge in [0.25, 0.3) is 0 Å². The summed E-state index contributed by atoms with van der Waals surface area (Å²) in [5.74, 6) is 0.0552. The topological polar surface area (TPSA) is 90.4 Å². The minimum absolute atomic E-state index is 0.0660. The van der Waals surface area contributed by atoms with Crippen LogP contribution in [0.1, 0.15) is 16.1 Å². The van der Waals surface area contributed by atoms with Crippen LogP contribution in [0.5, 0.6) is 5.75 Å². The van der Waals surface area contributed by atoms with Crippen LogP contribution >= 0.6 is 34.9 Å². The van der Waals surface area contributed by atoms with E-state index in [2.05, 4.69) is 14.9 Å². The highest BCUT2D eigenvalue weighted by Gasteiger charge is 2.16. The van der Waals surface area contributed by atoms with Crippen LogP contribution in [0.4, 0.5) is 5.69 Å². The van der Waals surface area contributed by atoms with Crippen LogP contribution in [0.2, 0.25) is 4.34 Å². The van der Waals surface area contributed by atoms with Crippen LogP contribution in [0.3, 0.4) is 0 Å². The highest BCUT2D eigenvalue weighted by atomic mass is 35.5. The lowest BCUT2D eigenvalue weighted by Gasteiger charge is -2.10. The van der Waals surface area contributed by atoms with E-state index in [1.54, 1.807) is 55.6 Å². The zero-order chi connectivity index (χ0) is 20.6. The molecule has 2 aromatic carbocycles. The predicted octanol–water partition coefficient (Wildman–Crippen LogP) is 4.29. The number of rotatable bonds is 8. The molecule has 0 spiro atoms. The maximum Gasteiger partial charge on any atom is 0.339 e. The van der Waals surface area contributed by atoms with Crippen LogP contribution in [-0.2, 0) is 16.1 Å². The number of amides is 1. The van der Waals surface area contributed by atoms with Crippen molar-refractivity contribution in [1.82, 2.24) is 9.59 Å². The summed E-state index contributed by atoms with van der Waals surface area (Å²) in [4.78, 5) is 25.3. The molecule has 0 bridgehead atoms. The molecule has 3 rings (SSSR count). The third-order valence-electron chi connectivity index (χ3n) is 3.67. The van der Waals surface area contributed by atoms with E-state index in [1.807, 2.05) is 0 Å². The van der Waals surface area contributed by atoms with Gasteiger partial charge in [-0.1, -0.05) is 34.3 Å². The third kappa shape index (κ3) is 5.93. The number of anilines is 1. The molecule has 0 saturated carbocycles. The number of hydrogen-bond donors (Lipinski definition) is 1. The molecule has 0 fully saturated rings. The van der Waals surface area contributed by atoms with Crippen molar-refractivity contribution in [2.24, 2.45) is 0 Å². The lowest BCUT2D eigenvalue weighted by Crippen LogP contribution is -2.14. The number of benzene rings is 2. The van der Waals surface area contributed by atoms with Gasteiger partial charge in [-0.05, 0) is 24.3 Å². The average molecular weight is 450 g/mol. The van der Waals surface area contributed by atoms with Crippen LogP contribution < -0.4 is 10.1 Å². The number of methoxy groups -OCH3 is 1. The predicted molar refractivity (Wildman–Crippen MR) is 113 cm³/mol. The third-order valence-corrected chi connectivity index (χ3v) is 5.73. The summed E-state index contributed by atoms with van der Waals surface area (Å²) in [6.45, 7) is -0.0660. The SMILES string of the molecule is COc1cccc(NC(=O)CSc2ccccc2C(=O)OCc2nnsc2Cl)c1. The van der Waals surface area contributed by atoms with Crippen molar-refractivity contribution in [2.45, 2.75) is 11.5 Å². The lowest BCUT2D eigenvalue weighted by atomic mass is 10.2. The Morgan fingerprint density at radius 1 is 1.21 bits per heavy atom. The Bertz CT molecular complexity index is 1010. The molecule has 0 saturated heterocycles. The molecule has 29 heavy (non-hydrogen) atoms. The fourth-order valence-corrected chi connectivity index (χ4v) is 3.74. The molecule has 1 heterocycles. The Morgan fingerprint density at radius 2 is 2.03 bits per heavy atom. The van der Waals surface area contributed by atoms with E-state index in [9.17, 15) is 9.59 Å². The Kier molecular flexibility index (Phi) is 7.45. The first-order valence-electron chi connectivity index (χ1n) is 8.36. The number of ether oxygens (including phenoxy) is 2. The lowest BCUT2D eigenvalue weighted by molar-refractivity contribution is -0.113. The number of esters is 1. The summed E-state index contributed by atoms with van der Waals surface area (Å²) in [6, 6.07) is 14.0. The molecule has 150 valence electrons. The Hall–Kier alpha value is -2.62. The molecule has 0 aliphatic carbocycles. The molecule has 7 nitrogen and oxygen atoms in total. The van der Waals surface area contributed by atoms with E-state index in [0.29, 0.717) is 31.9 Å². The van der Waals surface area contributed by atoms with Crippen molar-refractivity contribution in [2.75, 3.05) is 18.2 Å². The van der Waals surface area contributed by atoms with Gasteiger partial charge in [-0.15, -0.1) is 16.9 Å². The van der Waals surface area contributed by atoms with Crippen molar-refractivity contribution in [1.29, 1.82) is 0 Å². The van der Waals surface area contributed by atoms with Crippen molar-refractivity contribution in [3.63, 3.8) is 0 Å². The summed E-state index contributed by atoms with van der Waals surface area (Å²) in [5, 5.41) is 6.61. The van der Waals surface area contributed by atoms with E-state index < -0.39 is 5.97 Å². The van der Waals surface area contributed by atoms with Crippen LogP contribution in [0, 0.1) is 0 Å². The molecular formula is C19H16ClN3O4S2. The van der Waals surface area contributed by atoms with E-state index in [1.165, 1.54) is 11.8 Å². The van der Waals surface area contributed by atoms with Crippen LogP contribution in [-0.4, -0.2) is 34.3 Å². The fourth-order valence-electron chi connectivity index (χ4n) is 2.30. The molecule has 3 aromatic rings. The number of hydrogen-bond acceptors (Lipinski definition) is 8. The van der Waals surface area contributed by atoms with Gasteiger partial charge in [-0.25, -0.2) is 4.79 Å². The van der Waals surface area contributed by atoms with Crippen molar-refractivity contribution in [3.8, 4) is 5.75 Å². The van der Waals surface area contributed by atoms with Crippen LogP contribution in [0.25, 0.3) is 0 Å². The second-order valence-electron chi connectivity index (χ2n) is 5.63. The molecule has 1 aromatic heterocycles. The number of thioether (sulfide) groups is 1. The first kappa shape index (κ1) is 21.1. The largest absolute Gasteiger partial charge is 0.497 e. The first-order chi connectivity index (χ1) is 14.1. The van der Waals surface area contributed by atoms with E-state index in [4.69, 9.17) is 21.1 Å². The number of carbonyl (C=O) groups excluding carboxylic acids is 2. The minimum Gasteiger partial charge on any atom is -0.497 e. The van der Waals surface area contributed by atoms with E-state index in [0.717, 1.165) is 11.5 Å². The van der Waals surface area contributed by atoms with Gasteiger partial charge >= 0.3 is 5.97 Å². The zero-order valence-electron chi connectivity index (χ0n) is 15.3. The summed E-state index contributed by atoms with van der Waals surface area (Å²) in [6.07, 6.45) is 0. The first-order valence-corrected chi connectivity index (χ1v) is 10.5. The summed E-state index contributed by atoms with van der Waals surface area (Å²) in [5.41, 5.74) is 1.41. The van der Waals surface area contributed by atoms with Crippen molar-refractivity contribution >= 4 is 52.5 Å². The quantitative estimate of drug-likeness (QED) is 0.405. The van der Waals surface area contributed by atoms with Gasteiger partial charge < -0.3 is 14.8 Å². The molecule has 0 aliphatic heterocycles. The molecular weight excluding hydrogens is 434 g/mol. The van der Waals surface area contributed by atoms with Gasteiger partial charge in [0.05, 0.1) is 18.4 Å². The second kappa shape index (κ2) is 10.2. The molecule has 0 aliphatic rings. The number of aromatic nitrogens is 2. The number of nitrogens with one attached hydrogen (secondary N) is 1. The molecule has 0 atom stereocenters. The molecule has 0 radical (unpaired) electrons. The normalized spacial score (nSPS) is 10.4. The highest BCUT2D eigenvalue weighted by Crippen LogP contribution is 2.25. The molecule has 0 unspecified atom stereocenters. The van der Waals surface area contributed by atoms with Crippen molar-refractivity contribution in [3.05, 3.63) is 64.1 Å². The molecule has 1 N–H and O–H groups in total. The Labute approximate surface area is 180 Å². The summed E-state index contributed by atoms with van der Waals surface area (Å²) >= 11 is 8.19. The summed E-state index contributed by atoms with van der Waals surface area (Å²) in [7, 11) is 1.56. The van der Waals surface area contributed by atoms with Gasteiger partial charge in [-0.3, -0.25) is 4.79 Å². The van der Waals surface area contributed by atoms with Gasteiger partial charge in [0.1, 0.15) is 22.4 Å². The number of halogens is 1. The fraction of sp³-hybridized carbons (Fsp3) is 0.158. The van der Waals surface area contributed by atoms with Gasteiger partial charge in [0.2, 0.25) is 5.91 Å². The van der Waals surface area contributed by atoms with E-state index >= 15 is 0 Å². The van der Waals surface area contributed by atoms with Crippen molar-refractivity contribution < 1.29 is 19.1 Å². The number of nitrogens with zero attached hydrogens (tertiary/aromatic N) is 2. The van der Waals surface area contributed by atoms with Gasteiger partial charge in [0.15, 0.2) is 0 Å². The Balaban J connectivity index is 1.59. The zero-order valence-corrected chi connectivity index (χ0v) is 17.6. The maximum atomic E-state index is 12.4. The number of carbonyl (C=O) groups is 2. The average Bonchev–Trinajstić information content (AvgIpc) is 3.15. The maximum absolute atomic E-state index is 12.4.